The molecule has 0 radical (unpaired) electrons. The number of nitrogens with zero attached hydrogens (tertiary/aromatic N) is 1. The zero-order valence-corrected chi connectivity index (χ0v) is 10.7. The van der Waals surface area contributed by atoms with Gasteiger partial charge in [-0.15, -0.1) is 0 Å². The molecular weight excluding hydrogens is 226 g/mol. The summed E-state index contributed by atoms with van der Waals surface area (Å²) < 4.78 is 0. The predicted molar refractivity (Wildman–Crippen MR) is 74.7 cm³/mol. The SMILES string of the molecule is NC(=O)c1cccc(N2CCCCCCC2)c1N. The molecule has 0 aliphatic carbocycles. The number of para-hydroxylation sites is 1. The van der Waals surface area contributed by atoms with E-state index in [-0.39, 0.29) is 0 Å². The van der Waals surface area contributed by atoms with Gasteiger partial charge in [-0.05, 0) is 25.0 Å². The number of anilines is 2. The predicted octanol–water partition coefficient (Wildman–Crippen LogP) is 2.14. The third kappa shape index (κ3) is 2.75. The number of benzene rings is 1. The zero-order chi connectivity index (χ0) is 13.0. The molecule has 4 heteroatoms. The minimum atomic E-state index is -0.457. The molecule has 4 N–H and O–H groups in total. The Balaban J connectivity index is 2.25. The van der Waals surface area contributed by atoms with Crippen molar-refractivity contribution in [3.8, 4) is 0 Å². The van der Waals surface area contributed by atoms with Crippen LogP contribution in [0.3, 0.4) is 0 Å². The lowest BCUT2D eigenvalue weighted by atomic mass is 10.1. The summed E-state index contributed by atoms with van der Waals surface area (Å²) >= 11 is 0. The highest BCUT2D eigenvalue weighted by Gasteiger charge is 2.15. The van der Waals surface area contributed by atoms with Crippen LogP contribution in [0.25, 0.3) is 0 Å². The summed E-state index contributed by atoms with van der Waals surface area (Å²) in [5, 5.41) is 0. The fraction of sp³-hybridized carbons (Fsp3) is 0.500. The molecule has 1 aromatic carbocycles. The Kier molecular flexibility index (Phi) is 4.07. The van der Waals surface area contributed by atoms with Gasteiger partial charge in [0, 0.05) is 13.1 Å². The highest BCUT2D eigenvalue weighted by molar-refractivity contribution is 6.00. The molecule has 0 bridgehead atoms. The number of nitrogens with two attached hydrogens (primary N) is 2. The van der Waals surface area contributed by atoms with Gasteiger partial charge in [0.1, 0.15) is 0 Å². The Labute approximate surface area is 108 Å². The largest absolute Gasteiger partial charge is 0.396 e. The van der Waals surface area contributed by atoms with E-state index in [1.807, 2.05) is 12.1 Å². The topological polar surface area (TPSA) is 72.4 Å². The van der Waals surface area contributed by atoms with Crippen LogP contribution in [0.4, 0.5) is 11.4 Å². The third-order valence-electron chi connectivity index (χ3n) is 3.55. The van der Waals surface area contributed by atoms with Crippen molar-refractivity contribution in [2.75, 3.05) is 23.7 Å². The molecule has 0 atom stereocenters. The van der Waals surface area contributed by atoms with Gasteiger partial charge in [-0.25, -0.2) is 0 Å². The molecule has 1 saturated heterocycles. The number of hydrogen-bond donors (Lipinski definition) is 2. The van der Waals surface area contributed by atoms with Gasteiger partial charge in [0.25, 0.3) is 5.91 Å². The minimum absolute atomic E-state index is 0.426. The summed E-state index contributed by atoms with van der Waals surface area (Å²) in [5.41, 5.74) is 13.3. The summed E-state index contributed by atoms with van der Waals surface area (Å²) in [5.74, 6) is -0.457. The highest BCUT2D eigenvalue weighted by atomic mass is 16.1. The van der Waals surface area contributed by atoms with Gasteiger partial charge in [0.15, 0.2) is 0 Å². The number of primary amides is 1. The van der Waals surface area contributed by atoms with Crippen molar-refractivity contribution in [1.82, 2.24) is 0 Å². The number of hydrogen-bond acceptors (Lipinski definition) is 3. The molecule has 4 nitrogen and oxygen atoms in total. The molecule has 1 aliphatic heterocycles. The summed E-state index contributed by atoms with van der Waals surface area (Å²) in [6.07, 6.45) is 6.23. The maximum absolute atomic E-state index is 11.3. The molecule has 18 heavy (non-hydrogen) atoms. The highest BCUT2D eigenvalue weighted by Crippen LogP contribution is 2.28. The van der Waals surface area contributed by atoms with E-state index in [0.29, 0.717) is 11.3 Å². The van der Waals surface area contributed by atoms with Gasteiger partial charge >= 0.3 is 0 Å². The Morgan fingerprint density at radius 1 is 1.06 bits per heavy atom. The molecule has 0 aromatic heterocycles. The second kappa shape index (κ2) is 5.76. The van der Waals surface area contributed by atoms with Gasteiger partial charge in [0.2, 0.25) is 0 Å². The number of rotatable bonds is 2. The van der Waals surface area contributed by atoms with Crippen molar-refractivity contribution in [3.05, 3.63) is 23.8 Å². The first-order valence-electron chi connectivity index (χ1n) is 6.63. The van der Waals surface area contributed by atoms with Crippen molar-refractivity contribution < 1.29 is 4.79 Å². The van der Waals surface area contributed by atoms with Crippen molar-refractivity contribution in [1.29, 1.82) is 0 Å². The molecule has 0 saturated carbocycles. The van der Waals surface area contributed by atoms with E-state index in [4.69, 9.17) is 11.5 Å². The van der Waals surface area contributed by atoms with Gasteiger partial charge in [-0.2, -0.15) is 0 Å². The standard InChI is InChI=1S/C14H21N3O/c15-13-11(14(16)18)7-6-8-12(13)17-9-4-2-1-3-5-10-17/h6-8H,1-5,9-10,15H2,(H2,16,18). The average molecular weight is 247 g/mol. The van der Waals surface area contributed by atoms with Crippen LogP contribution in [-0.4, -0.2) is 19.0 Å². The van der Waals surface area contributed by atoms with Gasteiger partial charge in [0.05, 0.1) is 16.9 Å². The number of carbonyl (C=O) groups excluding carboxylic acids is 1. The second-order valence-electron chi connectivity index (χ2n) is 4.86. The molecule has 1 aromatic rings. The van der Waals surface area contributed by atoms with Crippen molar-refractivity contribution >= 4 is 17.3 Å². The van der Waals surface area contributed by atoms with Crippen LogP contribution < -0.4 is 16.4 Å². The molecule has 2 rings (SSSR count). The van der Waals surface area contributed by atoms with E-state index in [0.717, 1.165) is 18.8 Å². The lowest BCUT2D eigenvalue weighted by Gasteiger charge is -2.28. The maximum Gasteiger partial charge on any atom is 0.250 e. The normalized spacial score (nSPS) is 17.0. The Bertz CT molecular complexity index is 423. The van der Waals surface area contributed by atoms with E-state index >= 15 is 0 Å². The quantitative estimate of drug-likeness (QED) is 0.786. The van der Waals surface area contributed by atoms with Crippen LogP contribution in [0.2, 0.25) is 0 Å². The molecule has 0 spiro atoms. The first-order chi connectivity index (χ1) is 8.70. The third-order valence-corrected chi connectivity index (χ3v) is 3.55. The van der Waals surface area contributed by atoms with Crippen LogP contribution in [0.1, 0.15) is 42.5 Å². The maximum atomic E-state index is 11.3. The lowest BCUT2D eigenvalue weighted by molar-refractivity contribution is 0.100. The molecule has 1 fully saturated rings. The van der Waals surface area contributed by atoms with E-state index < -0.39 is 5.91 Å². The van der Waals surface area contributed by atoms with E-state index in [2.05, 4.69) is 4.90 Å². The Hall–Kier alpha value is -1.71. The van der Waals surface area contributed by atoms with Crippen molar-refractivity contribution in [2.45, 2.75) is 32.1 Å². The van der Waals surface area contributed by atoms with Crippen LogP contribution in [0, 0.1) is 0 Å². The lowest BCUT2D eigenvalue weighted by Crippen LogP contribution is -2.28. The average Bonchev–Trinajstić information content (AvgIpc) is 2.29. The smallest absolute Gasteiger partial charge is 0.250 e. The first kappa shape index (κ1) is 12.7. The van der Waals surface area contributed by atoms with Crippen LogP contribution in [0.5, 0.6) is 0 Å². The van der Waals surface area contributed by atoms with Gasteiger partial charge in [-0.3, -0.25) is 4.79 Å². The fourth-order valence-electron chi connectivity index (χ4n) is 2.53. The van der Waals surface area contributed by atoms with Crippen LogP contribution in [-0.2, 0) is 0 Å². The molecule has 98 valence electrons. The fourth-order valence-corrected chi connectivity index (χ4v) is 2.53. The molecular formula is C14H21N3O. The number of carbonyl (C=O) groups is 1. The Morgan fingerprint density at radius 2 is 1.67 bits per heavy atom. The van der Waals surface area contributed by atoms with Crippen molar-refractivity contribution in [3.63, 3.8) is 0 Å². The summed E-state index contributed by atoms with van der Waals surface area (Å²) in [4.78, 5) is 13.6. The zero-order valence-electron chi connectivity index (χ0n) is 10.7. The molecule has 1 aliphatic rings. The van der Waals surface area contributed by atoms with Crippen LogP contribution in [0.15, 0.2) is 18.2 Å². The monoisotopic (exact) mass is 247 g/mol. The Morgan fingerprint density at radius 3 is 2.28 bits per heavy atom. The second-order valence-corrected chi connectivity index (χ2v) is 4.86. The van der Waals surface area contributed by atoms with Crippen LogP contribution >= 0.6 is 0 Å². The molecule has 1 heterocycles. The minimum Gasteiger partial charge on any atom is -0.396 e. The van der Waals surface area contributed by atoms with Gasteiger partial charge in [-0.1, -0.05) is 25.3 Å². The summed E-state index contributed by atoms with van der Waals surface area (Å²) in [6.45, 7) is 2.01. The number of amides is 1. The van der Waals surface area contributed by atoms with Crippen molar-refractivity contribution in [2.24, 2.45) is 5.73 Å². The van der Waals surface area contributed by atoms with E-state index in [9.17, 15) is 4.79 Å². The van der Waals surface area contributed by atoms with E-state index in [1.54, 1.807) is 6.07 Å². The molecule has 1 amide bonds. The number of nitrogen functional groups attached to an aromatic ring is 1. The van der Waals surface area contributed by atoms with Gasteiger partial charge < -0.3 is 16.4 Å². The summed E-state index contributed by atoms with van der Waals surface area (Å²) in [7, 11) is 0. The van der Waals surface area contributed by atoms with E-state index in [1.165, 1.54) is 32.1 Å². The molecule has 0 unspecified atom stereocenters. The first-order valence-corrected chi connectivity index (χ1v) is 6.63. The summed E-state index contributed by atoms with van der Waals surface area (Å²) in [6, 6.07) is 5.51.